The van der Waals surface area contributed by atoms with Crippen LogP contribution in [0.15, 0.2) is 64.6 Å². The third-order valence-corrected chi connectivity index (χ3v) is 7.03. The summed E-state index contributed by atoms with van der Waals surface area (Å²) < 4.78 is 0. The van der Waals surface area contributed by atoms with Crippen LogP contribution < -0.4 is 5.32 Å². The molecule has 2 aromatic rings. The number of thioether (sulfide) groups is 1. The van der Waals surface area contributed by atoms with Crippen LogP contribution in [0.25, 0.3) is 0 Å². The number of hydrogen-bond donors (Lipinski definition) is 1. The van der Waals surface area contributed by atoms with E-state index in [0.29, 0.717) is 36.3 Å². The average molecular weight is 463 g/mol. The molecule has 2 aromatic carbocycles. The van der Waals surface area contributed by atoms with E-state index >= 15 is 0 Å². The zero-order valence-corrected chi connectivity index (χ0v) is 20.1. The third kappa shape index (κ3) is 5.19. The van der Waals surface area contributed by atoms with Crippen LogP contribution in [0.1, 0.15) is 44.7 Å². The van der Waals surface area contributed by atoms with Crippen molar-refractivity contribution in [1.29, 1.82) is 0 Å². The molecule has 2 atom stereocenters. The van der Waals surface area contributed by atoms with E-state index in [0.717, 1.165) is 17.7 Å². The van der Waals surface area contributed by atoms with E-state index in [4.69, 9.17) is 9.98 Å². The molecule has 2 aliphatic heterocycles. The maximum Gasteiger partial charge on any atom is 0.259 e. The minimum atomic E-state index is -0.406. The van der Waals surface area contributed by atoms with Gasteiger partial charge in [-0.1, -0.05) is 75.0 Å². The van der Waals surface area contributed by atoms with Gasteiger partial charge in [0, 0.05) is 12.1 Å². The van der Waals surface area contributed by atoms with E-state index in [9.17, 15) is 9.59 Å². The lowest BCUT2D eigenvalue weighted by molar-refractivity contribution is -0.125. The van der Waals surface area contributed by atoms with Gasteiger partial charge in [-0.15, -0.1) is 0 Å². The number of aliphatic imine (C=N–C) groups is 2. The molecule has 2 heterocycles. The zero-order valence-electron chi connectivity index (χ0n) is 19.3. The molecule has 0 unspecified atom stereocenters. The Labute approximate surface area is 199 Å². The normalized spacial score (nSPS) is 17.9. The molecule has 0 aliphatic carbocycles. The van der Waals surface area contributed by atoms with Crippen molar-refractivity contribution in [2.24, 2.45) is 15.9 Å². The van der Waals surface area contributed by atoms with Gasteiger partial charge in [0.25, 0.3) is 5.91 Å². The number of amides is 2. The SMILES string of the molecule is CC[C@H](SC1=Nc2ccccc2C2=N[C@H](CC(C)C)C(=O)N12)C(=O)NCCc1ccccc1. The Bertz CT molecular complexity index is 1080. The van der Waals surface area contributed by atoms with Crippen molar-refractivity contribution < 1.29 is 9.59 Å². The number of nitrogens with one attached hydrogen (secondary N) is 1. The Morgan fingerprint density at radius 2 is 1.85 bits per heavy atom. The highest BCUT2D eigenvalue weighted by atomic mass is 32.2. The van der Waals surface area contributed by atoms with Gasteiger partial charge in [-0.3, -0.25) is 14.6 Å². The molecule has 172 valence electrons. The second-order valence-corrected chi connectivity index (χ2v) is 9.89. The fraction of sp³-hybridized carbons (Fsp3) is 0.385. The molecule has 0 radical (unpaired) electrons. The Balaban J connectivity index is 1.51. The molecule has 2 aliphatic rings. The number of amidine groups is 2. The number of para-hydroxylation sites is 1. The van der Waals surface area contributed by atoms with Crippen LogP contribution in [0, 0.1) is 5.92 Å². The summed E-state index contributed by atoms with van der Waals surface area (Å²) in [5.41, 5.74) is 2.83. The molecule has 0 saturated carbocycles. The summed E-state index contributed by atoms with van der Waals surface area (Å²) in [5, 5.41) is 3.24. The number of benzene rings is 2. The lowest BCUT2D eigenvalue weighted by Crippen LogP contribution is -2.43. The van der Waals surface area contributed by atoms with Gasteiger partial charge >= 0.3 is 0 Å². The van der Waals surface area contributed by atoms with Gasteiger partial charge in [0.2, 0.25) is 5.91 Å². The first-order valence-corrected chi connectivity index (χ1v) is 12.4. The Kier molecular flexibility index (Phi) is 7.28. The van der Waals surface area contributed by atoms with E-state index in [1.54, 1.807) is 4.90 Å². The maximum atomic E-state index is 13.3. The monoisotopic (exact) mass is 462 g/mol. The Morgan fingerprint density at radius 1 is 1.12 bits per heavy atom. The molecule has 0 spiro atoms. The largest absolute Gasteiger partial charge is 0.355 e. The summed E-state index contributed by atoms with van der Waals surface area (Å²) in [7, 11) is 0. The highest BCUT2D eigenvalue weighted by Gasteiger charge is 2.42. The fourth-order valence-corrected chi connectivity index (χ4v) is 5.06. The standard InChI is InChI=1S/C26H30N4O2S/c1-4-22(24(31)27-15-14-18-10-6-5-7-11-18)33-26-29-20-13-9-8-12-19(20)23-28-21(16-17(2)3)25(32)30(23)26/h5-13,17,21-22H,4,14-16H2,1-3H3,(H,27,31)/t21-,22+/m1/s1. The summed E-state index contributed by atoms with van der Waals surface area (Å²) in [5.74, 6) is 0.910. The van der Waals surface area contributed by atoms with Gasteiger partial charge in [0.1, 0.15) is 11.9 Å². The Hall–Kier alpha value is -2.93. The smallest absolute Gasteiger partial charge is 0.259 e. The van der Waals surface area contributed by atoms with Crippen LogP contribution in [0.4, 0.5) is 5.69 Å². The van der Waals surface area contributed by atoms with Gasteiger partial charge in [0.05, 0.1) is 10.9 Å². The summed E-state index contributed by atoms with van der Waals surface area (Å²) >= 11 is 1.35. The van der Waals surface area contributed by atoms with E-state index in [1.807, 2.05) is 49.4 Å². The molecule has 1 N–H and O–H groups in total. The lowest BCUT2D eigenvalue weighted by atomic mass is 10.0. The van der Waals surface area contributed by atoms with Crippen LogP contribution in [0.5, 0.6) is 0 Å². The third-order valence-electron chi connectivity index (χ3n) is 5.71. The molecular formula is C26H30N4O2S. The summed E-state index contributed by atoms with van der Waals surface area (Å²) in [6, 6.07) is 17.4. The van der Waals surface area contributed by atoms with Crippen molar-refractivity contribution in [3.8, 4) is 0 Å². The fourth-order valence-electron chi connectivity index (χ4n) is 4.02. The molecule has 6 nitrogen and oxygen atoms in total. The minimum absolute atomic E-state index is 0.0381. The summed E-state index contributed by atoms with van der Waals surface area (Å²) in [6.07, 6.45) is 2.10. The lowest BCUT2D eigenvalue weighted by Gasteiger charge is -2.27. The molecule has 33 heavy (non-hydrogen) atoms. The van der Waals surface area contributed by atoms with E-state index in [-0.39, 0.29) is 17.1 Å². The van der Waals surface area contributed by atoms with Crippen molar-refractivity contribution >= 4 is 40.3 Å². The van der Waals surface area contributed by atoms with Crippen molar-refractivity contribution in [2.75, 3.05) is 6.54 Å². The average Bonchev–Trinajstić information content (AvgIpc) is 3.13. The molecule has 0 aromatic heterocycles. The highest BCUT2D eigenvalue weighted by molar-refractivity contribution is 8.15. The van der Waals surface area contributed by atoms with Crippen molar-refractivity contribution in [1.82, 2.24) is 10.2 Å². The second-order valence-electron chi connectivity index (χ2n) is 8.72. The molecule has 2 amide bonds. The summed E-state index contributed by atoms with van der Waals surface area (Å²) in [4.78, 5) is 37.4. The number of carbonyl (C=O) groups is 2. The minimum Gasteiger partial charge on any atom is -0.355 e. The molecule has 4 rings (SSSR count). The van der Waals surface area contributed by atoms with Crippen LogP contribution in [-0.4, -0.2) is 45.6 Å². The molecule has 0 fully saturated rings. The van der Waals surface area contributed by atoms with Gasteiger partial charge in [0.15, 0.2) is 5.17 Å². The van der Waals surface area contributed by atoms with Crippen molar-refractivity contribution in [2.45, 2.75) is 51.3 Å². The molecular weight excluding hydrogens is 432 g/mol. The van der Waals surface area contributed by atoms with Gasteiger partial charge in [-0.2, -0.15) is 0 Å². The van der Waals surface area contributed by atoms with Gasteiger partial charge in [-0.05, 0) is 42.9 Å². The molecule has 0 bridgehead atoms. The predicted molar refractivity (Wildman–Crippen MR) is 135 cm³/mol. The Morgan fingerprint density at radius 3 is 2.58 bits per heavy atom. The number of rotatable bonds is 8. The molecule has 0 saturated heterocycles. The van der Waals surface area contributed by atoms with E-state index in [2.05, 4.69) is 31.3 Å². The molecule has 7 heteroatoms. The second kappa shape index (κ2) is 10.3. The van der Waals surface area contributed by atoms with E-state index < -0.39 is 6.04 Å². The van der Waals surface area contributed by atoms with Crippen LogP contribution in [0.3, 0.4) is 0 Å². The zero-order chi connectivity index (χ0) is 23.4. The maximum absolute atomic E-state index is 13.3. The highest BCUT2D eigenvalue weighted by Crippen LogP contribution is 2.36. The van der Waals surface area contributed by atoms with Crippen molar-refractivity contribution in [3.05, 3.63) is 65.7 Å². The summed E-state index contributed by atoms with van der Waals surface area (Å²) in [6.45, 7) is 6.74. The van der Waals surface area contributed by atoms with Crippen molar-refractivity contribution in [3.63, 3.8) is 0 Å². The van der Waals surface area contributed by atoms with Crippen LogP contribution >= 0.6 is 11.8 Å². The number of hydrogen-bond acceptors (Lipinski definition) is 5. The van der Waals surface area contributed by atoms with E-state index in [1.165, 1.54) is 17.3 Å². The first-order valence-electron chi connectivity index (χ1n) is 11.6. The van der Waals surface area contributed by atoms with Crippen LogP contribution in [-0.2, 0) is 16.0 Å². The van der Waals surface area contributed by atoms with Gasteiger partial charge < -0.3 is 5.32 Å². The first-order chi connectivity index (χ1) is 16.0. The number of carbonyl (C=O) groups excluding carboxylic acids is 2. The first kappa shape index (κ1) is 23.2. The number of nitrogens with zero attached hydrogens (tertiary/aromatic N) is 3. The quantitative estimate of drug-likeness (QED) is 0.625. The van der Waals surface area contributed by atoms with Crippen LogP contribution in [0.2, 0.25) is 0 Å². The predicted octanol–water partition coefficient (Wildman–Crippen LogP) is 4.56. The van der Waals surface area contributed by atoms with Gasteiger partial charge in [-0.25, -0.2) is 9.89 Å². The topological polar surface area (TPSA) is 74.1 Å². The number of fused-ring (bicyclic) bond motifs is 3.